The van der Waals surface area contributed by atoms with Crippen LogP contribution in [0.2, 0.25) is 0 Å². The summed E-state index contributed by atoms with van der Waals surface area (Å²) in [6.07, 6.45) is -0.755. The van der Waals surface area contributed by atoms with Crippen LogP contribution in [0.1, 0.15) is 24.2 Å². The quantitative estimate of drug-likeness (QED) is 0.443. The molecule has 0 saturated heterocycles. The second-order valence-corrected chi connectivity index (χ2v) is 4.84. The van der Waals surface area contributed by atoms with Crippen molar-refractivity contribution in [3.63, 3.8) is 0 Å². The molecule has 0 spiro atoms. The van der Waals surface area contributed by atoms with Crippen molar-refractivity contribution in [1.29, 1.82) is 0 Å². The van der Waals surface area contributed by atoms with Crippen molar-refractivity contribution in [2.24, 2.45) is 0 Å². The molecular weight excluding hydrogens is 298 g/mol. The van der Waals surface area contributed by atoms with Crippen LogP contribution in [-0.2, 0) is 0 Å². The summed E-state index contributed by atoms with van der Waals surface area (Å²) in [7, 11) is 0. The van der Waals surface area contributed by atoms with Crippen molar-refractivity contribution in [2.45, 2.75) is 20.0 Å². The van der Waals surface area contributed by atoms with E-state index in [1.165, 1.54) is 18.2 Å². The van der Waals surface area contributed by atoms with Crippen molar-refractivity contribution in [1.82, 2.24) is 0 Å². The lowest BCUT2D eigenvalue weighted by Crippen LogP contribution is -2.23. The van der Waals surface area contributed by atoms with Crippen LogP contribution in [0, 0.1) is 10.1 Å². The van der Waals surface area contributed by atoms with Gasteiger partial charge in [-0.25, -0.2) is 0 Å². The molecule has 0 heterocycles. The van der Waals surface area contributed by atoms with E-state index < -0.39 is 11.0 Å². The average molecular weight is 315 g/mol. The topological polar surface area (TPSA) is 78.7 Å². The highest BCUT2D eigenvalue weighted by molar-refractivity contribution is 5.99. The maximum Gasteiger partial charge on any atom is 0.273 e. The Hall–Kier alpha value is -2.89. The van der Waals surface area contributed by atoms with Crippen LogP contribution in [0.25, 0.3) is 0 Å². The third-order valence-corrected chi connectivity index (χ3v) is 3.16. The maximum atomic E-state index is 12.3. The summed E-state index contributed by atoms with van der Waals surface area (Å²) in [5.74, 6) is 0.766. The molecule has 2 rings (SSSR count). The van der Waals surface area contributed by atoms with Crippen LogP contribution in [0.4, 0.5) is 5.69 Å². The summed E-state index contributed by atoms with van der Waals surface area (Å²) in [6, 6.07) is 12.5. The molecule has 1 atom stereocenters. The third-order valence-electron chi connectivity index (χ3n) is 3.16. The third kappa shape index (κ3) is 4.29. The highest BCUT2D eigenvalue weighted by atomic mass is 16.6. The molecule has 0 unspecified atom stereocenters. The fourth-order valence-corrected chi connectivity index (χ4v) is 2.04. The maximum absolute atomic E-state index is 12.3. The van der Waals surface area contributed by atoms with E-state index in [1.807, 2.05) is 6.92 Å². The van der Waals surface area contributed by atoms with Gasteiger partial charge in [0.25, 0.3) is 5.69 Å². The van der Waals surface area contributed by atoms with E-state index in [-0.39, 0.29) is 17.2 Å². The van der Waals surface area contributed by atoms with Gasteiger partial charge in [-0.15, -0.1) is 0 Å². The van der Waals surface area contributed by atoms with Crippen molar-refractivity contribution in [3.05, 3.63) is 64.2 Å². The summed E-state index contributed by atoms with van der Waals surface area (Å²) in [5, 5.41) is 10.8. The Balaban J connectivity index is 2.07. The fourth-order valence-electron chi connectivity index (χ4n) is 2.04. The fraction of sp³-hybridized carbons (Fsp3) is 0.235. The van der Waals surface area contributed by atoms with Crippen LogP contribution in [-0.4, -0.2) is 23.4 Å². The number of non-ortho nitro benzene ring substituents is 1. The van der Waals surface area contributed by atoms with Gasteiger partial charge in [-0.2, -0.15) is 0 Å². The van der Waals surface area contributed by atoms with Gasteiger partial charge in [0.2, 0.25) is 5.78 Å². The average Bonchev–Trinajstić information content (AvgIpc) is 2.55. The number of Topliss-reactive ketones (excluding diaryl/α,β-unsaturated/α-hetero) is 1. The zero-order valence-corrected chi connectivity index (χ0v) is 12.9. The molecule has 0 aliphatic carbocycles. The van der Waals surface area contributed by atoms with E-state index in [4.69, 9.17) is 9.47 Å². The number of ketones is 1. The Morgan fingerprint density at radius 2 is 1.87 bits per heavy atom. The molecule has 0 fully saturated rings. The Morgan fingerprint density at radius 3 is 2.48 bits per heavy atom. The lowest BCUT2D eigenvalue weighted by molar-refractivity contribution is -0.384. The lowest BCUT2D eigenvalue weighted by Gasteiger charge is -2.14. The number of benzene rings is 2. The van der Waals surface area contributed by atoms with E-state index in [0.717, 1.165) is 0 Å². The van der Waals surface area contributed by atoms with Crippen molar-refractivity contribution in [3.8, 4) is 11.5 Å². The first-order valence-electron chi connectivity index (χ1n) is 7.19. The monoisotopic (exact) mass is 315 g/mol. The van der Waals surface area contributed by atoms with E-state index >= 15 is 0 Å². The molecule has 120 valence electrons. The molecule has 0 aliphatic rings. The molecule has 2 aromatic rings. The smallest absolute Gasteiger partial charge is 0.273 e. The largest absolute Gasteiger partial charge is 0.494 e. The number of rotatable bonds is 7. The van der Waals surface area contributed by atoms with Crippen molar-refractivity contribution in [2.75, 3.05) is 6.61 Å². The highest BCUT2D eigenvalue weighted by Gasteiger charge is 2.18. The number of nitrogens with zero attached hydrogens (tertiary/aromatic N) is 1. The first-order valence-corrected chi connectivity index (χ1v) is 7.19. The van der Waals surface area contributed by atoms with Gasteiger partial charge in [0.1, 0.15) is 11.5 Å². The van der Waals surface area contributed by atoms with E-state index in [9.17, 15) is 14.9 Å². The SMILES string of the molecule is CCOc1ccc(C(=O)[C@H](C)Oc2cccc([N+](=O)[O-])c2)cc1. The summed E-state index contributed by atoms with van der Waals surface area (Å²) in [6.45, 7) is 4.05. The van der Waals surface area contributed by atoms with Gasteiger partial charge < -0.3 is 9.47 Å². The standard InChI is InChI=1S/C17H17NO5/c1-3-22-15-9-7-13(8-10-15)17(19)12(2)23-16-6-4-5-14(11-16)18(20)21/h4-12H,3H2,1-2H3/t12-/m0/s1. The molecule has 23 heavy (non-hydrogen) atoms. The Labute approximate surface area is 133 Å². The number of nitro benzene ring substituents is 1. The van der Waals surface area contributed by atoms with Crippen LogP contribution >= 0.6 is 0 Å². The Kier molecular flexibility index (Phi) is 5.30. The normalized spacial score (nSPS) is 11.6. The van der Waals surface area contributed by atoms with E-state index in [0.29, 0.717) is 17.9 Å². The van der Waals surface area contributed by atoms with Crippen molar-refractivity contribution >= 4 is 11.5 Å². The van der Waals surface area contributed by atoms with Gasteiger partial charge in [0.15, 0.2) is 6.10 Å². The molecule has 0 radical (unpaired) electrons. The first kappa shape index (κ1) is 16.5. The molecule has 0 bridgehead atoms. The Morgan fingerprint density at radius 1 is 1.17 bits per heavy atom. The van der Waals surface area contributed by atoms with Crippen LogP contribution < -0.4 is 9.47 Å². The molecule has 0 aliphatic heterocycles. The second-order valence-electron chi connectivity index (χ2n) is 4.84. The van der Waals surface area contributed by atoms with Gasteiger partial charge in [-0.1, -0.05) is 6.07 Å². The van der Waals surface area contributed by atoms with Crippen LogP contribution in [0.3, 0.4) is 0 Å². The summed E-state index contributed by atoms with van der Waals surface area (Å²) >= 11 is 0. The molecule has 0 N–H and O–H groups in total. The minimum absolute atomic E-state index is 0.0804. The molecule has 0 saturated carbocycles. The number of hydrogen-bond donors (Lipinski definition) is 0. The van der Waals surface area contributed by atoms with Gasteiger partial charge in [0, 0.05) is 11.6 Å². The van der Waals surface area contributed by atoms with Crippen molar-refractivity contribution < 1.29 is 19.2 Å². The number of carbonyl (C=O) groups excluding carboxylic acids is 1. The predicted octanol–water partition coefficient (Wildman–Crippen LogP) is 3.64. The summed E-state index contributed by atoms with van der Waals surface area (Å²) < 4.78 is 10.8. The first-order chi connectivity index (χ1) is 11.0. The molecule has 0 amide bonds. The molecule has 6 heteroatoms. The number of hydrogen-bond acceptors (Lipinski definition) is 5. The number of ether oxygens (including phenoxy) is 2. The molecule has 0 aromatic heterocycles. The van der Waals surface area contributed by atoms with Gasteiger partial charge in [-0.3, -0.25) is 14.9 Å². The summed E-state index contributed by atoms with van der Waals surface area (Å²) in [4.78, 5) is 22.6. The summed E-state index contributed by atoms with van der Waals surface area (Å²) in [5.41, 5.74) is 0.412. The minimum atomic E-state index is -0.755. The van der Waals surface area contributed by atoms with Gasteiger partial charge in [-0.05, 0) is 44.2 Å². The van der Waals surface area contributed by atoms with E-state index in [2.05, 4.69) is 0 Å². The molecular formula is C17H17NO5. The zero-order valence-electron chi connectivity index (χ0n) is 12.9. The number of nitro groups is 1. The van der Waals surface area contributed by atoms with Gasteiger partial charge in [0.05, 0.1) is 17.6 Å². The Bertz CT molecular complexity index is 696. The van der Waals surface area contributed by atoms with Crippen LogP contribution in [0.15, 0.2) is 48.5 Å². The van der Waals surface area contributed by atoms with Gasteiger partial charge >= 0.3 is 0 Å². The zero-order chi connectivity index (χ0) is 16.8. The minimum Gasteiger partial charge on any atom is -0.494 e. The number of carbonyl (C=O) groups is 1. The molecule has 6 nitrogen and oxygen atoms in total. The van der Waals surface area contributed by atoms with Crippen LogP contribution in [0.5, 0.6) is 11.5 Å². The lowest BCUT2D eigenvalue weighted by atomic mass is 10.1. The highest BCUT2D eigenvalue weighted by Crippen LogP contribution is 2.21. The van der Waals surface area contributed by atoms with E-state index in [1.54, 1.807) is 37.3 Å². The molecule has 2 aromatic carbocycles. The predicted molar refractivity (Wildman–Crippen MR) is 85.1 cm³/mol. The second kappa shape index (κ2) is 7.40.